The third kappa shape index (κ3) is 6.69. The van der Waals surface area contributed by atoms with E-state index >= 15 is 0 Å². The lowest BCUT2D eigenvalue weighted by molar-refractivity contribution is -0.0105. The average Bonchev–Trinajstić information content (AvgIpc) is 2.94. The zero-order valence-electron chi connectivity index (χ0n) is 13.8. The van der Waals surface area contributed by atoms with Crippen molar-refractivity contribution in [2.75, 3.05) is 6.61 Å². The van der Waals surface area contributed by atoms with E-state index in [0.29, 0.717) is 0 Å². The van der Waals surface area contributed by atoms with Gasteiger partial charge in [0.25, 0.3) is 5.56 Å². The quantitative estimate of drug-likeness (QED) is 0.245. The van der Waals surface area contributed by atoms with Crippen LogP contribution in [0.25, 0.3) is 0 Å². The first kappa shape index (κ1) is 23.1. The molecule has 28 heavy (non-hydrogen) atoms. The van der Waals surface area contributed by atoms with Crippen LogP contribution < -0.4 is 11.2 Å². The van der Waals surface area contributed by atoms with Crippen molar-refractivity contribution in [3.05, 3.63) is 44.8 Å². The number of aromatic nitrogens is 2. The van der Waals surface area contributed by atoms with E-state index in [1.54, 1.807) is 0 Å². The number of hydrogen-bond acceptors (Lipinski definition) is 9. The van der Waals surface area contributed by atoms with Crippen molar-refractivity contribution < 1.29 is 51.2 Å². The van der Waals surface area contributed by atoms with Gasteiger partial charge in [-0.05, 0) is 13.0 Å². The molecule has 0 bridgehead atoms. The Balaban J connectivity index is 1.97. The molecule has 2 unspecified atom stereocenters. The Morgan fingerprint density at radius 1 is 1.11 bits per heavy atom. The Bertz CT molecular complexity index is 1020. The number of nitrogens with zero attached hydrogens (tertiary/aromatic N) is 1. The Morgan fingerprint density at radius 2 is 1.75 bits per heavy atom. The minimum atomic E-state index is -5.61. The SMILES string of the molecule is Cc1cn([C@@H]2C=C[C@H](COP(=O)(O)OP(=O)(O)OP(=O)(O)O)O2)c(=O)[nH]c1=O. The Morgan fingerprint density at radius 3 is 2.36 bits per heavy atom. The first-order chi connectivity index (χ1) is 12.7. The van der Waals surface area contributed by atoms with Gasteiger partial charge in [0.05, 0.1) is 6.61 Å². The Hall–Kier alpha value is -1.21. The van der Waals surface area contributed by atoms with Gasteiger partial charge in [0.15, 0.2) is 6.23 Å². The third-order valence-electron chi connectivity index (χ3n) is 3.04. The number of rotatable bonds is 8. The molecule has 1 aromatic rings. The van der Waals surface area contributed by atoms with E-state index in [0.717, 1.165) is 4.57 Å². The predicted molar refractivity (Wildman–Crippen MR) is 88.9 cm³/mol. The van der Waals surface area contributed by atoms with E-state index in [1.165, 1.54) is 25.3 Å². The fourth-order valence-electron chi connectivity index (χ4n) is 1.99. The summed E-state index contributed by atoms with van der Waals surface area (Å²) >= 11 is 0. The maximum atomic E-state index is 11.8. The monoisotopic (exact) mass is 464 g/mol. The molecule has 0 spiro atoms. The summed E-state index contributed by atoms with van der Waals surface area (Å²) in [4.78, 5) is 60.5. The lowest BCUT2D eigenvalue weighted by Gasteiger charge is -2.19. The highest BCUT2D eigenvalue weighted by Gasteiger charge is 2.41. The van der Waals surface area contributed by atoms with Gasteiger partial charge in [0.2, 0.25) is 0 Å². The maximum absolute atomic E-state index is 11.8. The van der Waals surface area contributed by atoms with Crippen LogP contribution in [0.2, 0.25) is 0 Å². The van der Waals surface area contributed by atoms with E-state index in [9.17, 15) is 28.2 Å². The molecule has 1 aliphatic rings. The molecule has 0 saturated heterocycles. The van der Waals surface area contributed by atoms with Crippen molar-refractivity contribution in [1.82, 2.24) is 9.55 Å². The smallest absolute Gasteiger partial charge is 0.344 e. The van der Waals surface area contributed by atoms with Crippen molar-refractivity contribution in [3.63, 3.8) is 0 Å². The zero-order chi connectivity index (χ0) is 21.3. The van der Waals surface area contributed by atoms with Crippen LogP contribution >= 0.6 is 23.5 Å². The molecular weight excluding hydrogens is 449 g/mol. The van der Waals surface area contributed by atoms with Gasteiger partial charge in [-0.2, -0.15) is 8.62 Å². The van der Waals surface area contributed by atoms with Crippen LogP contribution in [0.3, 0.4) is 0 Å². The molecule has 15 nitrogen and oxygen atoms in total. The molecule has 1 aliphatic heterocycles. The summed E-state index contributed by atoms with van der Waals surface area (Å²) in [5, 5.41) is 0. The van der Waals surface area contributed by atoms with Crippen molar-refractivity contribution in [1.29, 1.82) is 0 Å². The van der Waals surface area contributed by atoms with Crippen LogP contribution in [0.15, 0.2) is 27.9 Å². The number of phosphoric acid groups is 3. The van der Waals surface area contributed by atoms with E-state index < -0.39 is 53.7 Å². The second kappa shape index (κ2) is 8.27. The fourth-order valence-corrected chi connectivity index (χ4v) is 5.02. The first-order valence-corrected chi connectivity index (χ1v) is 11.6. The molecular formula is C10H15N2O13P3. The number of hydrogen-bond donors (Lipinski definition) is 5. The minimum Gasteiger partial charge on any atom is -0.344 e. The summed E-state index contributed by atoms with van der Waals surface area (Å²) in [6.07, 6.45) is 1.97. The molecule has 0 aliphatic carbocycles. The minimum absolute atomic E-state index is 0.230. The number of aromatic amines is 1. The van der Waals surface area contributed by atoms with Crippen LogP contribution in [-0.2, 0) is 31.6 Å². The molecule has 1 aromatic heterocycles. The predicted octanol–water partition coefficient (Wildman–Crippen LogP) is -0.358. The number of nitrogens with one attached hydrogen (secondary N) is 1. The van der Waals surface area contributed by atoms with Crippen molar-refractivity contribution in [2.45, 2.75) is 19.3 Å². The van der Waals surface area contributed by atoms with Gasteiger partial charge in [-0.3, -0.25) is 18.9 Å². The summed E-state index contributed by atoms with van der Waals surface area (Å²) in [5.74, 6) is 0. The fraction of sp³-hybridized carbons (Fsp3) is 0.400. The lowest BCUT2D eigenvalue weighted by Crippen LogP contribution is -2.33. The zero-order valence-corrected chi connectivity index (χ0v) is 16.5. The highest BCUT2D eigenvalue weighted by molar-refractivity contribution is 7.66. The number of H-pyrrole nitrogens is 1. The normalized spacial score (nSPS) is 24.0. The van der Waals surface area contributed by atoms with Gasteiger partial charge in [0, 0.05) is 11.8 Å². The highest BCUT2D eigenvalue weighted by atomic mass is 31.3. The van der Waals surface area contributed by atoms with E-state index in [2.05, 4.69) is 18.1 Å². The molecule has 4 atom stereocenters. The Kier molecular flexibility index (Phi) is 6.81. The van der Waals surface area contributed by atoms with Crippen molar-refractivity contribution in [2.24, 2.45) is 0 Å². The maximum Gasteiger partial charge on any atom is 0.490 e. The standard InChI is InChI=1S/C10H15N2O13P3/c1-6-4-12(10(14)11-9(6)13)8-3-2-7(23-8)5-22-27(18,19)25-28(20,21)24-26(15,16)17/h2-4,7-8H,5H2,1H3,(H,18,19)(H,20,21)(H,11,13,14)(H2,15,16,17)/t7-,8+/m1/s1. The molecule has 0 amide bonds. The van der Waals surface area contributed by atoms with Gasteiger partial charge in [0.1, 0.15) is 6.10 Å². The van der Waals surface area contributed by atoms with E-state index in [1.807, 2.05) is 0 Å². The second-order valence-electron chi connectivity index (χ2n) is 5.32. The number of aryl methyl sites for hydroxylation is 1. The second-order valence-corrected chi connectivity index (χ2v) is 9.74. The number of phosphoric ester groups is 1. The topological polar surface area (TPSA) is 224 Å². The molecule has 0 radical (unpaired) electrons. The molecule has 2 heterocycles. The average molecular weight is 464 g/mol. The van der Waals surface area contributed by atoms with E-state index in [4.69, 9.17) is 19.4 Å². The molecule has 0 aromatic carbocycles. The number of ether oxygens (including phenoxy) is 1. The van der Waals surface area contributed by atoms with Crippen LogP contribution in [0.1, 0.15) is 11.8 Å². The molecule has 158 valence electrons. The van der Waals surface area contributed by atoms with Crippen molar-refractivity contribution in [3.8, 4) is 0 Å². The summed E-state index contributed by atoms with van der Waals surface area (Å²) < 4.78 is 51.3. The van der Waals surface area contributed by atoms with Gasteiger partial charge >= 0.3 is 29.2 Å². The van der Waals surface area contributed by atoms with Crippen LogP contribution in [0.5, 0.6) is 0 Å². The highest BCUT2D eigenvalue weighted by Crippen LogP contribution is 2.66. The largest absolute Gasteiger partial charge is 0.490 e. The molecule has 5 N–H and O–H groups in total. The van der Waals surface area contributed by atoms with Gasteiger partial charge in [-0.1, -0.05) is 6.08 Å². The molecule has 0 fully saturated rings. The summed E-state index contributed by atoms with van der Waals surface area (Å²) in [5.41, 5.74) is -1.11. The van der Waals surface area contributed by atoms with Crippen LogP contribution in [0.4, 0.5) is 0 Å². The molecule has 0 saturated carbocycles. The third-order valence-corrected chi connectivity index (χ3v) is 6.85. The Labute approximate surface area is 155 Å². The van der Waals surface area contributed by atoms with Crippen molar-refractivity contribution >= 4 is 23.5 Å². The van der Waals surface area contributed by atoms with E-state index in [-0.39, 0.29) is 5.56 Å². The lowest BCUT2D eigenvalue weighted by atomic mass is 10.3. The summed E-state index contributed by atoms with van der Waals surface area (Å²) in [6, 6.07) is 0. The van der Waals surface area contributed by atoms with Gasteiger partial charge in [-0.15, -0.1) is 0 Å². The van der Waals surface area contributed by atoms with Gasteiger partial charge in [-0.25, -0.2) is 18.5 Å². The van der Waals surface area contributed by atoms with Gasteiger partial charge < -0.3 is 24.3 Å². The summed E-state index contributed by atoms with van der Waals surface area (Å²) in [7, 11) is -16.4. The summed E-state index contributed by atoms with van der Waals surface area (Å²) in [6.45, 7) is 0.758. The molecule has 2 rings (SSSR count). The molecule has 18 heteroatoms. The van der Waals surface area contributed by atoms with Crippen LogP contribution in [-0.4, -0.2) is 41.8 Å². The van der Waals surface area contributed by atoms with Crippen LogP contribution in [0, 0.1) is 6.92 Å². The first-order valence-electron chi connectivity index (χ1n) is 7.12.